The number of alkyl halides is 3. The van der Waals surface area contributed by atoms with Crippen LogP contribution in [0.2, 0.25) is 0 Å². The number of anilines is 2. The Labute approximate surface area is 121 Å². The van der Waals surface area contributed by atoms with Crippen molar-refractivity contribution in [3.05, 3.63) is 40.6 Å². The fraction of sp³-hybridized carbons (Fsp3) is 0.308. The molecule has 1 aliphatic rings. The summed E-state index contributed by atoms with van der Waals surface area (Å²) in [5.41, 5.74) is -0.333. The summed E-state index contributed by atoms with van der Waals surface area (Å²) in [5, 5.41) is 2.96. The van der Waals surface area contributed by atoms with Crippen LogP contribution in [-0.4, -0.2) is 9.55 Å². The highest BCUT2D eigenvalue weighted by atomic mass is 79.9. The minimum atomic E-state index is -4.36. The van der Waals surface area contributed by atoms with Crippen molar-refractivity contribution in [2.24, 2.45) is 0 Å². The minimum absolute atomic E-state index is 0.355. The molecular formula is C13H11BrF3N3. The highest BCUT2D eigenvalue weighted by Crippen LogP contribution is 2.39. The molecule has 1 saturated carbocycles. The third-order valence-corrected chi connectivity index (χ3v) is 3.84. The first kappa shape index (κ1) is 13.5. The van der Waals surface area contributed by atoms with E-state index in [4.69, 9.17) is 0 Å². The molecule has 1 N–H and O–H groups in total. The van der Waals surface area contributed by atoms with Crippen LogP contribution >= 0.6 is 15.9 Å². The summed E-state index contributed by atoms with van der Waals surface area (Å²) in [4.78, 5) is 4.16. The lowest BCUT2D eigenvalue weighted by molar-refractivity contribution is -0.137. The normalized spacial score (nSPS) is 15.4. The third kappa shape index (κ3) is 2.67. The maximum absolute atomic E-state index is 12.7. The molecule has 0 amide bonds. The molecule has 0 atom stereocenters. The van der Waals surface area contributed by atoms with Crippen LogP contribution in [0.3, 0.4) is 0 Å². The highest BCUT2D eigenvalue weighted by molar-refractivity contribution is 9.10. The highest BCUT2D eigenvalue weighted by Gasteiger charge is 2.31. The molecule has 0 aliphatic heterocycles. The molecule has 20 heavy (non-hydrogen) atoms. The number of aromatic nitrogens is 2. The van der Waals surface area contributed by atoms with Gasteiger partial charge >= 0.3 is 6.18 Å². The van der Waals surface area contributed by atoms with E-state index in [-0.39, 0.29) is 0 Å². The Bertz CT molecular complexity index is 632. The van der Waals surface area contributed by atoms with Gasteiger partial charge in [-0.05, 0) is 47.0 Å². The molecule has 0 radical (unpaired) electrons. The topological polar surface area (TPSA) is 29.9 Å². The van der Waals surface area contributed by atoms with Crippen LogP contribution < -0.4 is 5.32 Å². The summed E-state index contributed by atoms with van der Waals surface area (Å²) in [6, 6.07) is 3.92. The summed E-state index contributed by atoms with van der Waals surface area (Å²) >= 11 is 3.25. The first-order valence-corrected chi connectivity index (χ1v) is 6.91. The maximum Gasteiger partial charge on any atom is 0.416 e. The fourth-order valence-corrected chi connectivity index (χ4v) is 2.32. The van der Waals surface area contributed by atoms with Gasteiger partial charge in [0, 0.05) is 22.9 Å². The molecule has 106 valence electrons. The molecular weight excluding hydrogens is 335 g/mol. The standard InChI is InChI=1S/C13H11BrF3N3/c14-10-4-1-8(13(15,16)17)7-11(10)19-12-18-5-6-20(12)9-2-3-9/h1,4-7,9H,2-3H2,(H,18,19). The van der Waals surface area contributed by atoms with E-state index in [0.717, 1.165) is 25.0 Å². The predicted molar refractivity (Wildman–Crippen MR) is 72.9 cm³/mol. The van der Waals surface area contributed by atoms with Gasteiger partial charge in [-0.1, -0.05) is 0 Å². The molecule has 3 rings (SSSR count). The van der Waals surface area contributed by atoms with E-state index in [0.29, 0.717) is 22.2 Å². The monoisotopic (exact) mass is 345 g/mol. The lowest BCUT2D eigenvalue weighted by Crippen LogP contribution is -2.07. The van der Waals surface area contributed by atoms with Crippen molar-refractivity contribution in [3.8, 4) is 0 Å². The van der Waals surface area contributed by atoms with Gasteiger partial charge in [-0.3, -0.25) is 0 Å². The molecule has 0 bridgehead atoms. The van der Waals surface area contributed by atoms with Crippen molar-refractivity contribution in [2.45, 2.75) is 25.1 Å². The summed E-state index contributed by atoms with van der Waals surface area (Å²) < 4.78 is 40.7. The number of imidazole rings is 1. The summed E-state index contributed by atoms with van der Waals surface area (Å²) in [5.74, 6) is 0.563. The Balaban J connectivity index is 1.91. The number of rotatable bonds is 3. The molecule has 1 aliphatic carbocycles. The molecule has 1 fully saturated rings. The Morgan fingerprint density at radius 1 is 1.30 bits per heavy atom. The second-order valence-electron chi connectivity index (χ2n) is 4.71. The van der Waals surface area contributed by atoms with Crippen LogP contribution in [0.4, 0.5) is 24.8 Å². The number of nitrogens with one attached hydrogen (secondary N) is 1. The SMILES string of the molecule is FC(F)(F)c1ccc(Br)c(Nc2nccn2C2CC2)c1. The summed E-state index contributed by atoms with van der Waals surface area (Å²) in [6.07, 6.45) is 1.27. The van der Waals surface area contributed by atoms with Gasteiger partial charge < -0.3 is 9.88 Å². The molecule has 7 heteroatoms. The fourth-order valence-electron chi connectivity index (χ4n) is 1.98. The zero-order valence-electron chi connectivity index (χ0n) is 10.3. The molecule has 0 unspecified atom stereocenters. The zero-order valence-corrected chi connectivity index (χ0v) is 11.9. The van der Waals surface area contributed by atoms with Crippen molar-refractivity contribution in [3.63, 3.8) is 0 Å². The van der Waals surface area contributed by atoms with E-state index in [2.05, 4.69) is 26.2 Å². The lowest BCUT2D eigenvalue weighted by Gasteiger charge is -2.13. The first-order valence-electron chi connectivity index (χ1n) is 6.12. The van der Waals surface area contributed by atoms with E-state index in [1.54, 1.807) is 6.20 Å². The molecule has 1 heterocycles. The smallest absolute Gasteiger partial charge is 0.325 e. The van der Waals surface area contributed by atoms with Crippen molar-refractivity contribution < 1.29 is 13.2 Å². The summed E-state index contributed by atoms with van der Waals surface area (Å²) in [6.45, 7) is 0. The van der Waals surface area contributed by atoms with Gasteiger partial charge in [0.05, 0.1) is 11.3 Å². The van der Waals surface area contributed by atoms with Crippen molar-refractivity contribution in [1.82, 2.24) is 9.55 Å². The van der Waals surface area contributed by atoms with Gasteiger partial charge in [-0.25, -0.2) is 4.98 Å². The average molecular weight is 346 g/mol. The van der Waals surface area contributed by atoms with Gasteiger partial charge in [0.25, 0.3) is 0 Å². The second kappa shape index (κ2) is 4.80. The number of benzene rings is 1. The Morgan fingerprint density at radius 2 is 2.05 bits per heavy atom. The minimum Gasteiger partial charge on any atom is -0.325 e. The summed E-state index contributed by atoms with van der Waals surface area (Å²) in [7, 11) is 0. The maximum atomic E-state index is 12.7. The number of nitrogens with zero attached hydrogens (tertiary/aromatic N) is 2. The van der Waals surface area contributed by atoms with Crippen molar-refractivity contribution in [2.75, 3.05) is 5.32 Å². The van der Waals surface area contributed by atoms with Crippen LogP contribution in [0, 0.1) is 0 Å². The third-order valence-electron chi connectivity index (χ3n) is 3.15. The average Bonchev–Trinajstić information content (AvgIpc) is 3.11. The van der Waals surface area contributed by atoms with Gasteiger partial charge in [-0.2, -0.15) is 13.2 Å². The van der Waals surface area contributed by atoms with E-state index in [9.17, 15) is 13.2 Å². The second-order valence-corrected chi connectivity index (χ2v) is 5.56. The van der Waals surface area contributed by atoms with Crippen molar-refractivity contribution in [1.29, 1.82) is 0 Å². The number of halogens is 4. The molecule has 1 aromatic carbocycles. The molecule has 3 nitrogen and oxygen atoms in total. The Hall–Kier alpha value is -1.50. The van der Waals surface area contributed by atoms with Gasteiger partial charge in [-0.15, -0.1) is 0 Å². The number of hydrogen-bond acceptors (Lipinski definition) is 2. The Kier molecular flexibility index (Phi) is 3.24. The molecule has 1 aromatic heterocycles. The van der Waals surface area contributed by atoms with Gasteiger partial charge in [0.15, 0.2) is 0 Å². The van der Waals surface area contributed by atoms with E-state index in [1.807, 2.05) is 10.8 Å². The van der Waals surface area contributed by atoms with Crippen LogP contribution in [0.1, 0.15) is 24.4 Å². The van der Waals surface area contributed by atoms with Crippen molar-refractivity contribution >= 4 is 27.6 Å². The lowest BCUT2D eigenvalue weighted by atomic mass is 10.2. The van der Waals surface area contributed by atoms with Crippen LogP contribution in [0.5, 0.6) is 0 Å². The number of hydrogen-bond donors (Lipinski definition) is 1. The van der Waals surface area contributed by atoms with Crippen LogP contribution in [0.25, 0.3) is 0 Å². The molecule has 0 saturated heterocycles. The van der Waals surface area contributed by atoms with E-state index < -0.39 is 11.7 Å². The van der Waals surface area contributed by atoms with Gasteiger partial charge in [0.1, 0.15) is 0 Å². The molecule has 0 spiro atoms. The largest absolute Gasteiger partial charge is 0.416 e. The van der Waals surface area contributed by atoms with Crippen LogP contribution in [-0.2, 0) is 6.18 Å². The van der Waals surface area contributed by atoms with Crippen LogP contribution in [0.15, 0.2) is 35.1 Å². The first-order chi connectivity index (χ1) is 9.45. The van der Waals surface area contributed by atoms with Gasteiger partial charge in [0.2, 0.25) is 5.95 Å². The van der Waals surface area contributed by atoms with E-state index >= 15 is 0 Å². The van der Waals surface area contributed by atoms with E-state index in [1.165, 1.54) is 6.07 Å². The Morgan fingerprint density at radius 3 is 2.70 bits per heavy atom. The molecule has 2 aromatic rings. The zero-order chi connectivity index (χ0) is 14.3. The predicted octanol–water partition coefficient (Wildman–Crippen LogP) is 4.74. The quantitative estimate of drug-likeness (QED) is 0.870.